The number of carbonyl (C=O) groups is 1. The van der Waals surface area contributed by atoms with Gasteiger partial charge in [-0.2, -0.15) is 13.2 Å². The molecule has 9 heteroatoms. The first-order valence-corrected chi connectivity index (χ1v) is 6.33. The highest BCUT2D eigenvalue weighted by molar-refractivity contribution is 5.70. The van der Waals surface area contributed by atoms with Crippen LogP contribution in [0.3, 0.4) is 0 Å². The molecule has 22 heavy (non-hydrogen) atoms. The van der Waals surface area contributed by atoms with Gasteiger partial charge in [-0.25, -0.2) is 4.98 Å². The Labute approximate surface area is 124 Å². The SMILES string of the molecule is CCOC(=O)CC(O)C(O)c1cnc(OC)c(C(F)(F)F)c1. The first-order chi connectivity index (χ1) is 10.2. The smallest absolute Gasteiger partial charge is 0.421 e. The molecule has 1 heterocycles. The number of pyridine rings is 1. The Morgan fingerprint density at radius 2 is 2.05 bits per heavy atom. The minimum absolute atomic E-state index is 0.0873. The molecule has 0 bridgehead atoms. The first kappa shape index (κ1) is 18.2. The highest BCUT2D eigenvalue weighted by atomic mass is 19.4. The van der Waals surface area contributed by atoms with Gasteiger partial charge in [0.2, 0.25) is 5.88 Å². The Kier molecular flexibility index (Phi) is 6.12. The molecule has 1 aromatic rings. The molecule has 0 spiro atoms. The van der Waals surface area contributed by atoms with Gasteiger partial charge in [-0.05, 0) is 13.0 Å². The van der Waals surface area contributed by atoms with Crippen LogP contribution >= 0.6 is 0 Å². The van der Waals surface area contributed by atoms with Crippen LogP contribution in [0.1, 0.15) is 30.6 Å². The number of aliphatic hydroxyl groups is 2. The van der Waals surface area contributed by atoms with Crippen molar-refractivity contribution in [3.8, 4) is 5.88 Å². The number of hydrogen-bond donors (Lipinski definition) is 2. The van der Waals surface area contributed by atoms with Crippen LogP contribution in [0.5, 0.6) is 5.88 Å². The second-order valence-corrected chi connectivity index (χ2v) is 4.34. The summed E-state index contributed by atoms with van der Waals surface area (Å²) in [6, 6.07) is 0.616. The van der Waals surface area contributed by atoms with E-state index in [-0.39, 0.29) is 12.2 Å². The maximum Gasteiger partial charge on any atom is 0.421 e. The number of methoxy groups -OCH3 is 1. The van der Waals surface area contributed by atoms with E-state index in [2.05, 4.69) is 14.5 Å². The van der Waals surface area contributed by atoms with Crippen molar-refractivity contribution in [3.05, 3.63) is 23.4 Å². The van der Waals surface area contributed by atoms with Crippen molar-refractivity contribution in [3.63, 3.8) is 0 Å². The standard InChI is InChI=1S/C13H16F3NO5/c1-3-22-10(19)5-9(18)11(20)7-4-8(13(14,15)16)12(21-2)17-6-7/h4,6,9,11,18,20H,3,5H2,1-2H3. The van der Waals surface area contributed by atoms with E-state index < -0.39 is 42.2 Å². The molecular weight excluding hydrogens is 307 g/mol. The number of alkyl halides is 3. The Hall–Kier alpha value is -1.87. The molecule has 0 aromatic carbocycles. The van der Waals surface area contributed by atoms with Crippen LogP contribution in [-0.2, 0) is 15.7 Å². The fourth-order valence-corrected chi connectivity index (χ4v) is 1.72. The molecule has 0 aliphatic carbocycles. The molecular formula is C13H16F3NO5. The number of hydrogen-bond acceptors (Lipinski definition) is 6. The van der Waals surface area contributed by atoms with Crippen molar-refractivity contribution >= 4 is 5.97 Å². The van der Waals surface area contributed by atoms with E-state index in [0.29, 0.717) is 6.07 Å². The number of rotatable bonds is 6. The maximum absolute atomic E-state index is 12.9. The third-order valence-electron chi connectivity index (χ3n) is 2.76. The van der Waals surface area contributed by atoms with E-state index in [1.807, 2.05) is 0 Å². The first-order valence-electron chi connectivity index (χ1n) is 6.33. The van der Waals surface area contributed by atoms with Gasteiger partial charge < -0.3 is 19.7 Å². The van der Waals surface area contributed by atoms with Gasteiger partial charge in [0.15, 0.2) is 0 Å². The van der Waals surface area contributed by atoms with E-state index in [1.54, 1.807) is 6.92 Å². The quantitative estimate of drug-likeness (QED) is 0.771. The zero-order chi connectivity index (χ0) is 16.9. The molecule has 0 aliphatic rings. The zero-order valence-corrected chi connectivity index (χ0v) is 11.9. The molecule has 124 valence electrons. The number of carbonyl (C=O) groups excluding carboxylic acids is 1. The molecule has 0 saturated heterocycles. The summed E-state index contributed by atoms with van der Waals surface area (Å²) in [6.07, 6.45) is -7.69. The Morgan fingerprint density at radius 1 is 1.41 bits per heavy atom. The van der Waals surface area contributed by atoms with Gasteiger partial charge in [0.25, 0.3) is 0 Å². The zero-order valence-electron chi connectivity index (χ0n) is 11.9. The fraction of sp³-hybridized carbons (Fsp3) is 0.538. The summed E-state index contributed by atoms with van der Waals surface area (Å²) in [5.74, 6) is -1.42. The maximum atomic E-state index is 12.9. The summed E-state index contributed by atoms with van der Waals surface area (Å²) in [4.78, 5) is 14.7. The topological polar surface area (TPSA) is 88.9 Å². The number of esters is 1. The number of nitrogens with zero attached hydrogens (tertiary/aromatic N) is 1. The molecule has 0 fully saturated rings. The molecule has 0 amide bonds. The van der Waals surface area contributed by atoms with Crippen molar-refractivity contribution in [2.24, 2.45) is 0 Å². The average Bonchev–Trinajstić information content (AvgIpc) is 2.45. The second-order valence-electron chi connectivity index (χ2n) is 4.34. The lowest BCUT2D eigenvalue weighted by atomic mass is 10.0. The van der Waals surface area contributed by atoms with Crippen LogP contribution in [0.4, 0.5) is 13.2 Å². The van der Waals surface area contributed by atoms with E-state index in [1.165, 1.54) is 0 Å². The van der Waals surface area contributed by atoms with E-state index in [4.69, 9.17) is 0 Å². The van der Waals surface area contributed by atoms with Gasteiger partial charge in [-0.1, -0.05) is 0 Å². The molecule has 0 saturated carbocycles. The van der Waals surface area contributed by atoms with Crippen LogP contribution in [0.25, 0.3) is 0 Å². The molecule has 2 atom stereocenters. The summed E-state index contributed by atoms with van der Waals surface area (Å²) >= 11 is 0. The lowest BCUT2D eigenvalue weighted by molar-refractivity contribution is -0.147. The van der Waals surface area contributed by atoms with Gasteiger partial charge in [-0.3, -0.25) is 4.79 Å². The Balaban J connectivity index is 2.98. The van der Waals surface area contributed by atoms with Gasteiger partial charge in [0.05, 0.1) is 26.2 Å². The Morgan fingerprint density at radius 3 is 2.55 bits per heavy atom. The highest BCUT2D eigenvalue weighted by Gasteiger charge is 2.36. The largest absolute Gasteiger partial charge is 0.481 e. The van der Waals surface area contributed by atoms with Crippen LogP contribution < -0.4 is 4.74 Å². The van der Waals surface area contributed by atoms with Crippen LogP contribution in [0.2, 0.25) is 0 Å². The second kappa shape index (κ2) is 7.41. The van der Waals surface area contributed by atoms with Crippen LogP contribution in [-0.4, -0.2) is 41.0 Å². The summed E-state index contributed by atoms with van der Waals surface area (Å²) in [5, 5.41) is 19.6. The lowest BCUT2D eigenvalue weighted by Gasteiger charge is -2.19. The number of halogens is 3. The normalized spacial score (nSPS) is 14.3. The monoisotopic (exact) mass is 323 g/mol. The minimum Gasteiger partial charge on any atom is -0.481 e. The van der Waals surface area contributed by atoms with Crippen molar-refractivity contribution in [2.75, 3.05) is 13.7 Å². The summed E-state index contributed by atoms with van der Waals surface area (Å²) in [6.45, 7) is 1.65. The predicted molar refractivity (Wildman–Crippen MR) is 68.0 cm³/mol. The molecule has 0 aliphatic heterocycles. The Bertz CT molecular complexity index is 521. The fourth-order valence-electron chi connectivity index (χ4n) is 1.72. The van der Waals surface area contributed by atoms with E-state index in [0.717, 1.165) is 13.3 Å². The number of aromatic nitrogens is 1. The van der Waals surface area contributed by atoms with Crippen LogP contribution in [0, 0.1) is 0 Å². The number of ether oxygens (including phenoxy) is 2. The van der Waals surface area contributed by atoms with Crippen LogP contribution in [0.15, 0.2) is 12.3 Å². The molecule has 2 unspecified atom stereocenters. The summed E-state index contributed by atoms with van der Waals surface area (Å²) in [7, 11) is 1.03. The van der Waals surface area contributed by atoms with Crippen molar-refractivity contribution in [2.45, 2.75) is 31.7 Å². The predicted octanol–water partition coefficient (Wildman–Crippen LogP) is 1.46. The molecule has 0 radical (unpaired) electrons. The van der Waals surface area contributed by atoms with E-state index in [9.17, 15) is 28.2 Å². The van der Waals surface area contributed by atoms with Crippen molar-refractivity contribution in [1.82, 2.24) is 4.98 Å². The average molecular weight is 323 g/mol. The van der Waals surface area contributed by atoms with Crippen molar-refractivity contribution < 1.29 is 37.7 Å². The third-order valence-corrected chi connectivity index (χ3v) is 2.76. The summed E-state index contributed by atoms with van der Waals surface area (Å²) < 4.78 is 47.7. The van der Waals surface area contributed by atoms with Gasteiger partial charge >= 0.3 is 12.1 Å². The molecule has 2 N–H and O–H groups in total. The minimum atomic E-state index is -4.74. The van der Waals surface area contributed by atoms with Crippen molar-refractivity contribution in [1.29, 1.82) is 0 Å². The highest BCUT2D eigenvalue weighted by Crippen LogP contribution is 2.36. The molecule has 1 rings (SSSR count). The molecule has 1 aromatic heterocycles. The lowest BCUT2D eigenvalue weighted by Crippen LogP contribution is -2.24. The van der Waals surface area contributed by atoms with Gasteiger partial charge in [0.1, 0.15) is 11.7 Å². The summed E-state index contributed by atoms with van der Waals surface area (Å²) in [5.41, 5.74) is -1.47. The molecule has 6 nitrogen and oxygen atoms in total. The van der Waals surface area contributed by atoms with Gasteiger partial charge in [-0.15, -0.1) is 0 Å². The van der Waals surface area contributed by atoms with Gasteiger partial charge in [0, 0.05) is 11.8 Å². The third kappa shape index (κ3) is 4.57. The van der Waals surface area contributed by atoms with E-state index >= 15 is 0 Å². The number of aliphatic hydroxyl groups excluding tert-OH is 2.